The molecule has 1 fully saturated rings. The molecule has 3 nitrogen and oxygen atoms in total. The van der Waals surface area contributed by atoms with Crippen LogP contribution in [0, 0.1) is 0 Å². The van der Waals surface area contributed by atoms with Crippen molar-refractivity contribution in [1.29, 1.82) is 0 Å². The maximum atomic E-state index is 12.4. The van der Waals surface area contributed by atoms with E-state index in [1.165, 1.54) is 26.4 Å². The van der Waals surface area contributed by atoms with Crippen molar-refractivity contribution in [3.8, 4) is 0 Å². The van der Waals surface area contributed by atoms with Gasteiger partial charge in [0.05, 0.1) is 18.7 Å². The minimum atomic E-state index is -0.309. The average Bonchev–Trinajstić information content (AvgIpc) is 2.62. The third kappa shape index (κ3) is 5.22. The fourth-order valence-corrected chi connectivity index (χ4v) is 3.25. The lowest BCUT2D eigenvalue weighted by Crippen LogP contribution is -2.37. The number of nitrogens with one attached hydrogen (secondary N) is 1. The molecule has 4 heteroatoms. The molecule has 0 spiro atoms. The summed E-state index contributed by atoms with van der Waals surface area (Å²) in [6.45, 7) is 1.93. The van der Waals surface area contributed by atoms with Gasteiger partial charge in [-0.3, -0.25) is 0 Å². The Hall–Kier alpha value is -1.58. The summed E-state index contributed by atoms with van der Waals surface area (Å²) in [6.07, 6.45) is 11.7. The molecule has 1 aromatic rings. The highest BCUT2D eigenvalue weighted by molar-refractivity contribution is 6.30. The molecular formula is C20H26ClNO2. The van der Waals surface area contributed by atoms with Gasteiger partial charge in [0, 0.05) is 11.1 Å². The van der Waals surface area contributed by atoms with Crippen LogP contribution in [0.25, 0.3) is 0 Å². The van der Waals surface area contributed by atoms with E-state index in [-0.39, 0.29) is 12.0 Å². The largest absolute Gasteiger partial charge is 0.466 e. The van der Waals surface area contributed by atoms with Crippen LogP contribution < -0.4 is 5.32 Å². The zero-order chi connectivity index (χ0) is 17.4. The van der Waals surface area contributed by atoms with E-state index in [2.05, 4.69) is 5.32 Å². The summed E-state index contributed by atoms with van der Waals surface area (Å²) in [5.74, 6) is -0.309. The van der Waals surface area contributed by atoms with Crippen LogP contribution in [-0.2, 0) is 9.53 Å². The molecule has 0 radical (unpaired) electrons. The number of carbonyl (C=O) groups is 1. The maximum Gasteiger partial charge on any atom is 0.335 e. The van der Waals surface area contributed by atoms with Crippen molar-refractivity contribution in [3.05, 3.63) is 58.7 Å². The number of carbonyl (C=O) groups excluding carboxylic acids is 1. The van der Waals surface area contributed by atoms with Gasteiger partial charge in [-0.05, 0) is 37.5 Å². The van der Waals surface area contributed by atoms with Gasteiger partial charge in [0.15, 0.2) is 0 Å². The minimum Gasteiger partial charge on any atom is -0.466 e. The molecule has 1 saturated carbocycles. The molecule has 0 bridgehead atoms. The van der Waals surface area contributed by atoms with Crippen LogP contribution in [0.4, 0.5) is 0 Å². The van der Waals surface area contributed by atoms with Gasteiger partial charge in [0.25, 0.3) is 0 Å². The molecular weight excluding hydrogens is 322 g/mol. The molecule has 0 aromatic heterocycles. The van der Waals surface area contributed by atoms with Gasteiger partial charge in [-0.25, -0.2) is 4.79 Å². The molecule has 1 aliphatic rings. The van der Waals surface area contributed by atoms with Crippen LogP contribution >= 0.6 is 11.6 Å². The van der Waals surface area contributed by atoms with Crippen LogP contribution in [0.2, 0.25) is 5.02 Å². The molecule has 1 N–H and O–H groups in total. The summed E-state index contributed by atoms with van der Waals surface area (Å²) in [6, 6.07) is 7.87. The zero-order valence-corrected chi connectivity index (χ0v) is 15.2. The standard InChI is InChI=1S/C20H26ClNO2/c1-3-4-10-18(20(23)24-2)19(15-11-13-16(21)14-12-15)22-17-8-6-5-7-9-17/h3-4,10-14,17,19,22H,5-9H2,1-2H3/b4-3+,18-10+. The monoisotopic (exact) mass is 347 g/mol. The van der Waals surface area contributed by atoms with Gasteiger partial charge in [-0.15, -0.1) is 0 Å². The summed E-state index contributed by atoms with van der Waals surface area (Å²) in [7, 11) is 1.42. The average molecular weight is 348 g/mol. The summed E-state index contributed by atoms with van der Waals surface area (Å²) < 4.78 is 5.02. The van der Waals surface area contributed by atoms with Gasteiger partial charge in [0.1, 0.15) is 0 Å². The highest BCUT2D eigenvalue weighted by Gasteiger charge is 2.26. The van der Waals surface area contributed by atoms with Crippen molar-refractivity contribution in [2.45, 2.75) is 51.1 Å². The lowest BCUT2D eigenvalue weighted by Gasteiger charge is -2.29. The number of halogens is 1. The predicted molar refractivity (Wildman–Crippen MR) is 99.1 cm³/mol. The molecule has 0 amide bonds. The normalized spacial score (nSPS) is 17.9. The first kappa shape index (κ1) is 18.8. The van der Waals surface area contributed by atoms with E-state index >= 15 is 0 Å². The highest BCUT2D eigenvalue weighted by Crippen LogP contribution is 2.28. The number of hydrogen-bond donors (Lipinski definition) is 1. The molecule has 0 heterocycles. The van der Waals surface area contributed by atoms with E-state index in [0.717, 1.165) is 18.4 Å². The number of ether oxygens (including phenoxy) is 1. The Bertz CT molecular complexity index is 586. The molecule has 1 aliphatic carbocycles. The molecule has 1 aromatic carbocycles. The van der Waals surface area contributed by atoms with Gasteiger partial charge < -0.3 is 10.1 Å². The number of esters is 1. The van der Waals surface area contributed by atoms with E-state index in [9.17, 15) is 4.79 Å². The first-order valence-electron chi connectivity index (χ1n) is 8.58. The quantitative estimate of drug-likeness (QED) is 0.448. The van der Waals surface area contributed by atoms with E-state index in [0.29, 0.717) is 16.6 Å². The fraction of sp³-hybridized carbons (Fsp3) is 0.450. The van der Waals surface area contributed by atoms with Gasteiger partial charge in [-0.2, -0.15) is 0 Å². The predicted octanol–water partition coefficient (Wildman–Crippen LogP) is 4.98. The second kappa shape index (κ2) is 9.65. The van der Waals surface area contributed by atoms with E-state index in [1.54, 1.807) is 0 Å². The minimum absolute atomic E-state index is 0.200. The van der Waals surface area contributed by atoms with Gasteiger partial charge in [0.2, 0.25) is 0 Å². The van der Waals surface area contributed by atoms with E-state index in [4.69, 9.17) is 16.3 Å². The highest BCUT2D eigenvalue weighted by atomic mass is 35.5. The van der Waals surface area contributed by atoms with Crippen LogP contribution in [0.3, 0.4) is 0 Å². The van der Waals surface area contributed by atoms with Crippen molar-refractivity contribution in [1.82, 2.24) is 5.32 Å². The summed E-state index contributed by atoms with van der Waals surface area (Å²) in [4.78, 5) is 12.4. The van der Waals surface area contributed by atoms with Crippen molar-refractivity contribution >= 4 is 17.6 Å². The van der Waals surface area contributed by atoms with Crippen molar-refractivity contribution in [2.24, 2.45) is 0 Å². The number of hydrogen-bond acceptors (Lipinski definition) is 3. The SMILES string of the molecule is C/C=C/C=C(/C(=O)OC)C(NC1CCCCC1)c1ccc(Cl)cc1. The number of benzene rings is 1. The Morgan fingerprint density at radius 2 is 1.92 bits per heavy atom. The smallest absolute Gasteiger partial charge is 0.335 e. The van der Waals surface area contributed by atoms with Crippen LogP contribution in [-0.4, -0.2) is 19.1 Å². The molecule has 2 rings (SSSR count). The summed E-state index contributed by atoms with van der Waals surface area (Å²) in [5.41, 5.74) is 1.63. The number of rotatable bonds is 6. The Labute approximate surface area is 149 Å². The van der Waals surface area contributed by atoms with Gasteiger partial charge in [-0.1, -0.05) is 61.2 Å². The number of allylic oxidation sites excluding steroid dienone is 3. The van der Waals surface area contributed by atoms with E-state index in [1.807, 2.05) is 49.4 Å². The van der Waals surface area contributed by atoms with Crippen LogP contribution in [0.1, 0.15) is 50.6 Å². The van der Waals surface area contributed by atoms with Crippen molar-refractivity contribution < 1.29 is 9.53 Å². The molecule has 1 unspecified atom stereocenters. The molecule has 24 heavy (non-hydrogen) atoms. The van der Waals surface area contributed by atoms with Crippen molar-refractivity contribution in [3.63, 3.8) is 0 Å². The second-order valence-electron chi connectivity index (χ2n) is 6.13. The maximum absolute atomic E-state index is 12.4. The third-order valence-electron chi connectivity index (χ3n) is 4.41. The lowest BCUT2D eigenvalue weighted by molar-refractivity contribution is -0.136. The fourth-order valence-electron chi connectivity index (χ4n) is 3.13. The summed E-state index contributed by atoms with van der Waals surface area (Å²) >= 11 is 6.02. The van der Waals surface area contributed by atoms with Crippen LogP contribution in [0.5, 0.6) is 0 Å². The Morgan fingerprint density at radius 3 is 2.50 bits per heavy atom. The molecule has 130 valence electrons. The Balaban J connectivity index is 2.34. The van der Waals surface area contributed by atoms with Gasteiger partial charge >= 0.3 is 5.97 Å². The van der Waals surface area contributed by atoms with Crippen molar-refractivity contribution in [2.75, 3.05) is 7.11 Å². The Morgan fingerprint density at radius 1 is 1.25 bits per heavy atom. The first-order valence-corrected chi connectivity index (χ1v) is 8.96. The topological polar surface area (TPSA) is 38.3 Å². The lowest BCUT2D eigenvalue weighted by atomic mass is 9.91. The Kier molecular flexibility index (Phi) is 7.54. The van der Waals surface area contributed by atoms with Crippen LogP contribution in [0.15, 0.2) is 48.1 Å². The zero-order valence-electron chi connectivity index (χ0n) is 14.4. The molecule has 0 saturated heterocycles. The molecule has 1 atom stereocenters. The molecule has 0 aliphatic heterocycles. The third-order valence-corrected chi connectivity index (χ3v) is 4.66. The first-order chi connectivity index (χ1) is 11.7. The number of methoxy groups -OCH3 is 1. The van der Waals surface area contributed by atoms with E-state index < -0.39 is 0 Å². The summed E-state index contributed by atoms with van der Waals surface area (Å²) in [5, 5.41) is 4.36. The second-order valence-corrected chi connectivity index (χ2v) is 6.56.